The second kappa shape index (κ2) is 5.29. The first-order valence-corrected chi connectivity index (χ1v) is 6.87. The summed E-state index contributed by atoms with van der Waals surface area (Å²) >= 11 is 0. The Balaban J connectivity index is 1.61. The Kier molecular flexibility index (Phi) is 3.01. The van der Waals surface area contributed by atoms with Crippen molar-refractivity contribution in [3.63, 3.8) is 0 Å². The van der Waals surface area contributed by atoms with Gasteiger partial charge in [0.05, 0.1) is 17.4 Å². The third-order valence-electron chi connectivity index (χ3n) is 3.34. The van der Waals surface area contributed by atoms with Gasteiger partial charge in [-0.25, -0.2) is 15.0 Å². The number of imidazole rings is 1. The van der Waals surface area contributed by atoms with Gasteiger partial charge in [0.25, 0.3) is 0 Å². The summed E-state index contributed by atoms with van der Waals surface area (Å²) in [6.45, 7) is 0. The van der Waals surface area contributed by atoms with Crippen LogP contribution in [0.1, 0.15) is 0 Å². The summed E-state index contributed by atoms with van der Waals surface area (Å²) in [5, 5.41) is 0. The first kappa shape index (κ1) is 12.5. The number of hydrogen-bond donors (Lipinski definition) is 1. The monoisotopic (exact) mass is 288 g/mol. The van der Waals surface area contributed by atoms with Gasteiger partial charge in [-0.15, -0.1) is 0 Å². The molecule has 2 aromatic carbocycles. The topological polar surface area (TPSA) is 63.7 Å². The van der Waals surface area contributed by atoms with Gasteiger partial charge >= 0.3 is 6.01 Å². The van der Waals surface area contributed by atoms with E-state index in [4.69, 9.17) is 4.74 Å². The fourth-order valence-corrected chi connectivity index (χ4v) is 2.22. The molecule has 0 radical (unpaired) electrons. The number of rotatable bonds is 3. The minimum Gasteiger partial charge on any atom is -0.424 e. The second-order valence-electron chi connectivity index (χ2n) is 4.80. The van der Waals surface area contributed by atoms with E-state index >= 15 is 0 Å². The normalized spacial score (nSPS) is 10.7. The molecule has 2 aromatic heterocycles. The minimum absolute atomic E-state index is 0.329. The van der Waals surface area contributed by atoms with Crippen molar-refractivity contribution in [2.75, 3.05) is 0 Å². The van der Waals surface area contributed by atoms with Gasteiger partial charge in [-0.2, -0.15) is 0 Å². The molecule has 0 saturated carbocycles. The maximum absolute atomic E-state index is 5.59. The van der Waals surface area contributed by atoms with Crippen LogP contribution in [0.3, 0.4) is 0 Å². The van der Waals surface area contributed by atoms with Crippen molar-refractivity contribution < 1.29 is 4.74 Å². The highest BCUT2D eigenvalue weighted by atomic mass is 16.5. The van der Waals surface area contributed by atoms with Crippen LogP contribution in [0, 0.1) is 0 Å². The lowest BCUT2D eigenvalue weighted by Crippen LogP contribution is -1.91. The smallest absolute Gasteiger partial charge is 0.321 e. The fraction of sp³-hybridized carbons (Fsp3) is 0. The highest BCUT2D eigenvalue weighted by Crippen LogP contribution is 2.23. The minimum atomic E-state index is 0.329. The summed E-state index contributed by atoms with van der Waals surface area (Å²) in [7, 11) is 0. The number of benzene rings is 2. The fourth-order valence-electron chi connectivity index (χ4n) is 2.22. The predicted molar refractivity (Wildman–Crippen MR) is 83.6 cm³/mol. The van der Waals surface area contributed by atoms with Gasteiger partial charge in [-0.1, -0.05) is 24.3 Å². The van der Waals surface area contributed by atoms with Gasteiger partial charge in [0, 0.05) is 18.0 Å². The summed E-state index contributed by atoms with van der Waals surface area (Å²) in [6.07, 6.45) is 5.18. The zero-order valence-electron chi connectivity index (χ0n) is 11.6. The van der Waals surface area contributed by atoms with Gasteiger partial charge in [0.2, 0.25) is 0 Å². The molecule has 0 atom stereocenters. The third kappa shape index (κ3) is 2.40. The van der Waals surface area contributed by atoms with Gasteiger partial charge in [-0.3, -0.25) is 0 Å². The van der Waals surface area contributed by atoms with E-state index < -0.39 is 0 Å². The Morgan fingerprint density at radius 1 is 0.818 bits per heavy atom. The largest absolute Gasteiger partial charge is 0.424 e. The first-order chi connectivity index (χ1) is 10.9. The van der Waals surface area contributed by atoms with Gasteiger partial charge in [0.15, 0.2) is 0 Å². The quantitative estimate of drug-likeness (QED) is 0.622. The Labute approximate surface area is 126 Å². The van der Waals surface area contributed by atoms with Crippen molar-refractivity contribution >= 4 is 11.0 Å². The van der Waals surface area contributed by atoms with E-state index in [0.29, 0.717) is 11.8 Å². The second-order valence-corrected chi connectivity index (χ2v) is 4.80. The van der Waals surface area contributed by atoms with E-state index in [1.807, 2.05) is 48.5 Å². The molecule has 0 aliphatic carbocycles. The average molecular weight is 288 g/mol. The SMILES string of the molecule is c1ccc(Oc2ncc(-c3ccc4[nH]cnc4c3)cn2)cc1. The lowest BCUT2D eigenvalue weighted by Gasteiger charge is -2.04. The molecule has 0 aliphatic heterocycles. The van der Waals surface area contributed by atoms with E-state index in [0.717, 1.165) is 22.2 Å². The van der Waals surface area contributed by atoms with Crippen LogP contribution in [0.5, 0.6) is 11.8 Å². The van der Waals surface area contributed by atoms with Crippen LogP contribution in [0.4, 0.5) is 0 Å². The predicted octanol–water partition coefficient (Wildman–Crippen LogP) is 3.81. The van der Waals surface area contributed by atoms with E-state index in [1.165, 1.54) is 0 Å². The van der Waals surface area contributed by atoms with Crippen molar-refractivity contribution in [2.45, 2.75) is 0 Å². The molecule has 0 aliphatic rings. The summed E-state index contributed by atoms with van der Waals surface area (Å²) in [5.41, 5.74) is 3.87. The summed E-state index contributed by atoms with van der Waals surface area (Å²) in [6, 6.07) is 15.8. The lowest BCUT2D eigenvalue weighted by molar-refractivity contribution is 0.442. The van der Waals surface area contributed by atoms with E-state index in [-0.39, 0.29) is 0 Å². The van der Waals surface area contributed by atoms with Crippen LogP contribution in [-0.2, 0) is 0 Å². The highest BCUT2D eigenvalue weighted by molar-refractivity contribution is 5.81. The molecule has 1 N–H and O–H groups in total. The number of para-hydroxylation sites is 1. The van der Waals surface area contributed by atoms with Crippen molar-refractivity contribution in [1.29, 1.82) is 0 Å². The number of aromatic amines is 1. The van der Waals surface area contributed by atoms with Crippen LogP contribution in [-0.4, -0.2) is 19.9 Å². The lowest BCUT2D eigenvalue weighted by atomic mass is 10.1. The number of H-pyrrole nitrogens is 1. The molecule has 0 bridgehead atoms. The molecule has 106 valence electrons. The van der Waals surface area contributed by atoms with E-state index in [9.17, 15) is 0 Å². The summed E-state index contributed by atoms with van der Waals surface area (Å²) in [4.78, 5) is 15.8. The number of fused-ring (bicyclic) bond motifs is 1. The highest BCUT2D eigenvalue weighted by Gasteiger charge is 2.04. The Hall–Kier alpha value is -3.21. The summed E-state index contributed by atoms with van der Waals surface area (Å²) in [5.74, 6) is 0.716. The molecular formula is C17H12N4O. The molecule has 4 aromatic rings. The van der Waals surface area contributed by atoms with Crippen LogP contribution in [0.15, 0.2) is 67.3 Å². The number of aromatic nitrogens is 4. The number of nitrogens with one attached hydrogen (secondary N) is 1. The molecular weight excluding hydrogens is 276 g/mol. The van der Waals surface area contributed by atoms with E-state index in [1.54, 1.807) is 18.7 Å². The summed E-state index contributed by atoms with van der Waals surface area (Å²) < 4.78 is 5.59. The molecule has 4 rings (SSSR count). The van der Waals surface area contributed by atoms with Crippen molar-refractivity contribution in [3.05, 3.63) is 67.3 Å². The molecule has 0 fully saturated rings. The maximum Gasteiger partial charge on any atom is 0.321 e. The molecule has 2 heterocycles. The van der Waals surface area contributed by atoms with Crippen molar-refractivity contribution in [2.24, 2.45) is 0 Å². The molecule has 0 spiro atoms. The Morgan fingerprint density at radius 2 is 1.64 bits per heavy atom. The molecule has 0 unspecified atom stereocenters. The molecule has 0 saturated heterocycles. The van der Waals surface area contributed by atoms with Crippen LogP contribution in [0.2, 0.25) is 0 Å². The maximum atomic E-state index is 5.59. The Bertz CT molecular complexity index is 901. The number of hydrogen-bond acceptors (Lipinski definition) is 4. The zero-order chi connectivity index (χ0) is 14.8. The van der Waals surface area contributed by atoms with Crippen molar-refractivity contribution in [3.8, 4) is 22.9 Å². The van der Waals surface area contributed by atoms with Crippen LogP contribution < -0.4 is 4.74 Å². The average Bonchev–Trinajstić information content (AvgIpc) is 3.04. The number of ether oxygens (including phenoxy) is 1. The van der Waals surface area contributed by atoms with Crippen LogP contribution in [0.25, 0.3) is 22.2 Å². The Morgan fingerprint density at radius 3 is 2.45 bits per heavy atom. The molecule has 5 nitrogen and oxygen atoms in total. The first-order valence-electron chi connectivity index (χ1n) is 6.87. The van der Waals surface area contributed by atoms with E-state index in [2.05, 4.69) is 19.9 Å². The van der Waals surface area contributed by atoms with Gasteiger partial charge in [0.1, 0.15) is 5.75 Å². The van der Waals surface area contributed by atoms with Crippen LogP contribution >= 0.6 is 0 Å². The molecule has 22 heavy (non-hydrogen) atoms. The molecule has 5 heteroatoms. The van der Waals surface area contributed by atoms with Gasteiger partial charge < -0.3 is 9.72 Å². The van der Waals surface area contributed by atoms with Crippen molar-refractivity contribution in [1.82, 2.24) is 19.9 Å². The van der Waals surface area contributed by atoms with Gasteiger partial charge in [-0.05, 0) is 29.8 Å². The molecule has 0 amide bonds. The zero-order valence-corrected chi connectivity index (χ0v) is 11.6. The standard InChI is InChI=1S/C17H12N4O/c1-2-4-14(5-3-1)22-17-18-9-13(10-19-17)12-6-7-15-16(8-12)21-11-20-15/h1-11H,(H,20,21). The number of nitrogens with zero attached hydrogens (tertiary/aromatic N) is 3. The third-order valence-corrected chi connectivity index (χ3v) is 3.34.